The number of rotatable bonds is 2. The van der Waals surface area contributed by atoms with Crippen LogP contribution in [0.4, 0.5) is 11.4 Å². The predicted molar refractivity (Wildman–Crippen MR) is 101 cm³/mol. The largest absolute Gasteiger partial charge is 0.397 e. The predicted octanol–water partition coefficient (Wildman–Crippen LogP) is 2.26. The number of hydrogen-bond acceptors (Lipinski definition) is 6. The van der Waals surface area contributed by atoms with Gasteiger partial charge in [0, 0.05) is 31.6 Å². The van der Waals surface area contributed by atoms with E-state index >= 15 is 0 Å². The minimum Gasteiger partial charge on any atom is -0.397 e. The van der Waals surface area contributed by atoms with Crippen molar-refractivity contribution in [2.75, 3.05) is 43.1 Å². The van der Waals surface area contributed by atoms with E-state index in [1.807, 2.05) is 12.1 Å². The first-order chi connectivity index (χ1) is 11.1. The molecule has 0 bridgehead atoms. The smallest absolute Gasteiger partial charge is 0.211 e. The summed E-state index contributed by atoms with van der Waals surface area (Å²) >= 11 is 1.68. The Bertz CT molecular complexity index is 860. The first kappa shape index (κ1) is 17.4. The van der Waals surface area contributed by atoms with Crippen LogP contribution < -0.4 is 10.6 Å². The molecule has 1 saturated heterocycles. The van der Waals surface area contributed by atoms with Gasteiger partial charge in [0.15, 0.2) is 0 Å². The molecule has 1 fully saturated rings. The van der Waals surface area contributed by atoms with Crippen molar-refractivity contribution in [2.45, 2.75) is 26.2 Å². The second kappa shape index (κ2) is 5.86. The SMILES string of the molecule is CC(C)(C)c1nc2cc(N3CCN(S(C)(=O)=O)CC3)c(N)cc2s1. The zero-order valence-corrected chi connectivity index (χ0v) is 16.2. The number of nitrogens with two attached hydrogens (primary N) is 1. The molecule has 0 radical (unpaired) electrons. The molecule has 24 heavy (non-hydrogen) atoms. The zero-order chi connectivity index (χ0) is 17.7. The lowest BCUT2D eigenvalue weighted by Crippen LogP contribution is -2.48. The summed E-state index contributed by atoms with van der Waals surface area (Å²) in [6.45, 7) is 8.71. The van der Waals surface area contributed by atoms with Gasteiger partial charge < -0.3 is 10.6 Å². The van der Waals surface area contributed by atoms with Crippen LogP contribution in [-0.2, 0) is 15.4 Å². The summed E-state index contributed by atoms with van der Waals surface area (Å²) in [6, 6.07) is 4.02. The minimum atomic E-state index is -3.12. The van der Waals surface area contributed by atoms with Crippen molar-refractivity contribution in [3.8, 4) is 0 Å². The third kappa shape index (κ3) is 3.36. The summed E-state index contributed by atoms with van der Waals surface area (Å²) in [4.78, 5) is 6.91. The fraction of sp³-hybridized carbons (Fsp3) is 0.562. The quantitative estimate of drug-likeness (QED) is 0.823. The van der Waals surface area contributed by atoms with Gasteiger partial charge in [-0.1, -0.05) is 20.8 Å². The number of anilines is 2. The fourth-order valence-corrected chi connectivity index (χ4v) is 4.71. The highest BCUT2D eigenvalue weighted by atomic mass is 32.2. The van der Waals surface area contributed by atoms with Crippen LogP contribution in [0.5, 0.6) is 0 Å². The number of thiazole rings is 1. The number of benzene rings is 1. The third-order valence-corrected chi connectivity index (χ3v) is 6.97. The molecule has 0 unspecified atom stereocenters. The molecule has 0 spiro atoms. The second-order valence-electron chi connectivity index (χ2n) is 7.30. The molecular weight excluding hydrogens is 344 g/mol. The summed E-state index contributed by atoms with van der Waals surface area (Å²) in [7, 11) is -3.12. The van der Waals surface area contributed by atoms with E-state index in [1.165, 1.54) is 10.6 Å². The Labute approximate surface area is 147 Å². The number of fused-ring (bicyclic) bond motifs is 1. The normalized spacial score (nSPS) is 17.6. The van der Waals surface area contributed by atoms with E-state index in [1.54, 1.807) is 11.3 Å². The Morgan fingerprint density at radius 2 is 1.79 bits per heavy atom. The van der Waals surface area contributed by atoms with E-state index in [4.69, 9.17) is 10.7 Å². The van der Waals surface area contributed by atoms with Gasteiger partial charge in [-0.25, -0.2) is 13.4 Å². The van der Waals surface area contributed by atoms with Crippen LogP contribution in [-0.4, -0.2) is 50.1 Å². The number of nitrogen functional groups attached to an aromatic ring is 1. The van der Waals surface area contributed by atoms with Gasteiger partial charge >= 0.3 is 0 Å². The van der Waals surface area contributed by atoms with Gasteiger partial charge in [-0.15, -0.1) is 11.3 Å². The number of nitrogens with zero attached hydrogens (tertiary/aromatic N) is 3. The molecule has 6 nitrogen and oxygen atoms in total. The van der Waals surface area contributed by atoms with Crippen LogP contribution >= 0.6 is 11.3 Å². The first-order valence-electron chi connectivity index (χ1n) is 7.96. The lowest BCUT2D eigenvalue weighted by molar-refractivity contribution is 0.388. The number of sulfonamides is 1. The van der Waals surface area contributed by atoms with Crippen LogP contribution in [0.1, 0.15) is 25.8 Å². The maximum absolute atomic E-state index is 11.6. The van der Waals surface area contributed by atoms with Crippen molar-refractivity contribution in [1.82, 2.24) is 9.29 Å². The average Bonchev–Trinajstić information content (AvgIpc) is 2.88. The van der Waals surface area contributed by atoms with Crippen LogP contribution in [0, 0.1) is 0 Å². The fourth-order valence-electron chi connectivity index (χ4n) is 2.83. The van der Waals surface area contributed by atoms with Gasteiger partial charge in [-0.2, -0.15) is 4.31 Å². The highest BCUT2D eigenvalue weighted by Gasteiger charge is 2.25. The van der Waals surface area contributed by atoms with Crippen molar-refractivity contribution in [1.29, 1.82) is 0 Å². The summed E-state index contributed by atoms with van der Waals surface area (Å²) in [6.07, 6.45) is 1.26. The van der Waals surface area contributed by atoms with Gasteiger partial charge in [0.1, 0.15) is 0 Å². The standard InChI is InChI=1S/C16H24N4O2S2/c1-16(2,3)15-18-12-10-13(11(17)9-14(12)23-15)19-5-7-20(8-6-19)24(4,21)22/h9-10H,5-8,17H2,1-4H3. The molecule has 1 aromatic carbocycles. The molecule has 2 aromatic rings. The molecule has 2 N–H and O–H groups in total. The maximum Gasteiger partial charge on any atom is 0.211 e. The lowest BCUT2D eigenvalue weighted by atomic mass is 9.98. The summed E-state index contributed by atoms with van der Waals surface area (Å²) < 4.78 is 25.9. The van der Waals surface area contributed by atoms with Crippen molar-refractivity contribution >= 4 is 43.0 Å². The van der Waals surface area contributed by atoms with Crippen molar-refractivity contribution in [3.05, 3.63) is 17.1 Å². The summed E-state index contributed by atoms with van der Waals surface area (Å²) in [5.74, 6) is 0. The molecule has 2 heterocycles. The Kier molecular flexibility index (Phi) is 4.26. The van der Waals surface area contributed by atoms with Crippen LogP contribution in [0.2, 0.25) is 0 Å². The summed E-state index contributed by atoms with van der Waals surface area (Å²) in [5.41, 5.74) is 8.90. The van der Waals surface area contributed by atoms with E-state index in [9.17, 15) is 8.42 Å². The molecule has 0 atom stereocenters. The van der Waals surface area contributed by atoms with Crippen LogP contribution in [0.3, 0.4) is 0 Å². The highest BCUT2D eigenvalue weighted by Crippen LogP contribution is 2.36. The van der Waals surface area contributed by atoms with Gasteiger partial charge in [0.05, 0.1) is 32.9 Å². The molecule has 3 rings (SSSR count). The number of piperazine rings is 1. The van der Waals surface area contributed by atoms with Crippen molar-refractivity contribution in [2.24, 2.45) is 0 Å². The zero-order valence-electron chi connectivity index (χ0n) is 14.5. The van der Waals surface area contributed by atoms with Gasteiger partial charge in [-0.3, -0.25) is 0 Å². The van der Waals surface area contributed by atoms with E-state index in [0.29, 0.717) is 26.2 Å². The van der Waals surface area contributed by atoms with Gasteiger partial charge in [0.25, 0.3) is 0 Å². The minimum absolute atomic E-state index is 0.0136. The molecule has 1 aromatic heterocycles. The molecule has 1 aliphatic heterocycles. The van der Waals surface area contributed by atoms with E-state index in [0.717, 1.165) is 26.6 Å². The van der Waals surface area contributed by atoms with E-state index in [-0.39, 0.29) is 5.41 Å². The van der Waals surface area contributed by atoms with Crippen molar-refractivity contribution < 1.29 is 8.42 Å². The third-order valence-electron chi connectivity index (χ3n) is 4.23. The van der Waals surface area contributed by atoms with Gasteiger partial charge in [-0.05, 0) is 12.1 Å². The molecule has 132 valence electrons. The molecule has 8 heteroatoms. The molecular formula is C16H24N4O2S2. The van der Waals surface area contributed by atoms with Crippen molar-refractivity contribution in [3.63, 3.8) is 0 Å². The Balaban J connectivity index is 1.89. The maximum atomic E-state index is 11.6. The van der Waals surface area contributed by atoms with E-state index in [2.05, 4.69) is 25.7 Å². The number of aromatic nitrogens is 1. The van der Waals surface area contributed by atoms with Crippen LogP contribution in [0.25, 0.3) is 10.2 Å². The van der Waals surface area contributed by atoms with Gasteiger partial charge in [0.2, 0.25) is 10.0 Å². The molecule has 0 aliphatic carbocycles. The summed E-state index contributed by atoms with van der Waals surface area (Å²) in [5, 5.41) is 1.09. The topological polar surface area (TPSA) is 79.5 Å². The molecule has 1 aliphatic rings. The average molecular weight is 369 g/mol. The Morgan fingerprint density at radius 1 is 1.17 bits per heavy atom. The highest BCUT2D eigenvalue weighted by molar-refractivity contribution is 7.88. The Morgan fingerprint density at radius 3 is 2.33 bits per heavy atom. The monoisotopic (exact) mass is 368 g/mol. The molecule has 0 saturated carbocycles. The number of hydrogen-bond donors (Lipinski definition) is 1. The second-order valence-corrected chi connectivity index (χ2v) is 10.3. The molecule has 0 amide bonds. The lowest BCUT2D eigenvalue weighted by Gasteiger charge is -2.35. The van der Waals surface area contributed by atoms with Crippen LogP contribution in [0.15, 0.2) is 12.1 Å². The first-order valence-corrected chi connectivity index (χ1v) is 10.6. The van der Waals surface area contributed by atoms with E-state index < -0.39 is 10.0 Å². The Hall–Kier alpha value is -1.38.